The Morgan fingerprint density at radius 2 is 1.11 bits per heavy atom. The van der Waals surface area contributed by atoms with Crippen LogP contribution < -0.4 is 9.44 Å². The van der Waals surface area contributed by atoms with Gasteiger partial charge in [-0.1, -0.05) is 84.2 Å². The Hall–Kier alpha value is -3.06. The molecule has 0 fully saturated rings. The lowest BCUT2D eigenvalue weighted by Crippen LogP contribution is -2.23. The molecule has 0 bridgehead atoms. The number of benzene rings is 3. The summed E-state index contributed by atoms with van der Waals surface area (Å²) in [6.45, 7) is 0. The summed E-state index contributed by atoms with van der Waals surface area (Å²) < 4.78 is 33.5. The number of nitrogens with zero attached hydrogens (tertiary/aromatic N) is 3. The number of imidazole rings is 1. The van der Waals surface area contributed by atoms with Crippen LogP contribution in [0.2, 0.25) is 0 Å². The van der Waals surface area contributed by atoms with Crippen LogP contribution >= 0.6 is 47.8 Å². The standard InChI is InChI=1S/C25H17Br3N6O2S/c26-18-7-1-15(2-8-18)21-13-22(16-3-9-19(27)10-4-16)31-25(30-21)34-37(35,36)33-24-29-14-23(32-24)17-5-11-20(28)12-6-17/h1-14H,(H2,29,32,33)(H,30,31,34). The fourth-order valence-corrected chi connectivity index (χ4v) is 4.99. The lowest BCUT2D eigenvalue weighted by Gasteiger charge is -2.11. The van der Waals surface area contributed by atoms with Gasteiger partial charge >= 0.3 is 10.2 Å². The van der Waals surface area contributed by atoms with Crippen LogP contribution in [0, 0.1) is 0 Å². The van der Waals surface area contributed by atoms with Gasteiger partial charge in [-0.3, -0.25) is 0 Å². The molecule has 0 unspecified atom stereocenters. The Morgan fingerprint density at radius 1 is 0.649 bits per heavy atom. The molecule has 0 spiro atoms. The van der Waals surface area contributed by atoms with E-state index in [1.165, 1.54) is 0 Å². The molecular weight excluding hydrogens is 688 g/mol. The first kappa shape index (κ1) is 25.6. The molecule has 8 nitrogen and oxygen atoms in total. The summed E-state index contributed by atoms with van der Waals surface area (Å²) in [5.41, 5.74) is 4.27. The van der Waals surface area contributed by atoms with E-state index in [4.69, 9.17) is 0 Å². The number of halogens is 3. The zero-order valence-corrected chi connectivity index (χ0v) is 24.4. The topological polar surface area (TPSA) is 113 Å². The first-order valence-electron chi connectivity index (χ1n) is 10.8. The predicted molar refractivity (Wildman–Crippen MR) is 156 cm³/mol. The highest BCUT2D eigenvalue weighted by Crippen LogP contribution is 2.28. The second-order valence-electron chi connectivity index (χ2n) is 7.84. The van der Waals surface area contributed by atoms with Crippen LogP contribution in [0.5, 0.6) is 0 Å². The van der Waals surface area contributed by atoms with Gasteiger partial charge in [-0.05, 0) is 48.0 Å². The normalized spacial score (nSPS) is 11.3. The van der Waals surface area contributed by atoms with Crippen molar-refractivity contribution < 1.29 is 8.42 Å². The average molecular weight is 705 g/mol. The first-order valence-corrected chi connectivity index (χ1v) is 14.6. The molecule has 5 aromatic rings. The maximum atomic E-state index is 13.0. The number of anilines is 2. The van der Waals surface area contributed by atoms with Crippen LogP contribution in [-0.4, -0.2) is 28.4 Å². The molecule has 0 amide bonds. The van der Waals surface area contributed by atoms with Gasteiger partial charge in [-0.15, -0.1) is 0 Å². The van der Waals surface area contributed by atoms with Gasteiger partial charge in [0.05, 0.1) is 23.3 Å². The van der Waals surface area contributed by atoms with Gasteiger partial charge in [0.25, 0.3) is 0 Å². The van der Waals surface area contributed by atoms with Gasteiger partial charge in [0.15, 0.2) is 0 Å². The Morgan fingerprint density at radius 3 is 1.59 bits per heavy atom. The zero-order valence-electron chi connectivity index (χ0n) is 18.8. The van der Waals surface area contributed by atoms with E-state index in [9.17, 15) is 8.42 Å². The van der Waals surface area contributed by atoms with Crippen molar-refractivity contribution in [2.45, 2.75) is 0 Å². The van der Waals surface area contributed by atoms with Gasteiger partial charge in [-0.25, -0.2) is 24.4 Å². The van der Waals surface area contributed by atoms with Crippen molar-refractivity contribution in [3.05, 3.63) is 98.5 Å². The monoisotopic (exact) mass is 702 g/mol. The maximum Gasteiger partial charge on any atom is 0.326 e. The molecule has 0 atom stereocenters. The van der Waals surface area contributed by atoms with E-state index in [2.05, 4.69) is 77.2 Å². The van der Waals surface area contributed by atoms with E-state index in [0.717, 1.165) is 30.1 Å². The summed E-state index contributed by atoms with van der Waals surface area (Å²) in [4.78, 5) is 16.0. The summed E-state index contributed by atoms with van der Waals surface area (Å²) in [5.74, 6) is -0.0202. The number of hydrogen-bond donors (Lipinski definition) is 3. The van der Waals surface area contributed by atoms with Gasteiger partial charge < -0.3 is 4.98 Å². The molecule has 12 heteroatoms. The molecule has 0 saturated carbocycles. The summed E-state index contributed by atoms with van der Waals surface area (Å²) in [6, 6.07) is 24.5. The van der Waals surface area contributed by atoms with E-state index in [1.54, 1.807) is 6.20 Å². The van der Waals surface area contributed by atoms with Gasteiger partial charge in [0.2, 0.25) is 11.9 Å². The van der Waals surface area contributed by atoms with Crippen LogP contribution in [0.1, 0.15) is 0 Å². The second-order valence-corrected chi connectivity index (χ2v) is 12.0. The van der Waals surface area contributed by atoms with E-state index in [-0.39, 0.29) is 11.9 Å². The molecule has 0 aliphatic heterocycles. The van der Waals surface area contributed by atoms with Crippen LogP contribution in [0.25, 0.3) is 33.8 Å². The highest BCUT2D eigenvalue weighted by atomic mass is 79.9. The Balaban J connectivity index is 1.44. The number of aromatic nitrogens is 4. The fraction of sp³-hybridized carbons (Fsp3) is 0. The first-order chi connectivity index (χ1) is 17.7. The van der Waals surface area contributed by atoms with Gasteiger partial charge in [-0.2, -0.15) is 8.42 Å². The molecule has 2 aromatic heterocycles. The van der Waals surface area contributed by atoms with Crippen LogP contribution in [-0.2, 0) is 10.2 Å². The highest BCUT2D eigenvalue weighted by molar-refractivity contribution is 9.11. The van der Waals surface area contributed by atoms with E-state index in [0.29, 0.717) is 17.1 Å². The quantitative estimate of drug-likeness (QED) is 0.165. The van der Waals surface area contributed by atoms with Crippen molar-refractivity contribution in [1.82, 2.24) is 19.9 Å². The Labute approximate surface area is 238 Å². The van der Waals surface area contributed by atoms with Crippen molar-refractivity contribution in [1.29, 1.82) is 0 Å². The predicted octanol–water partition coefficient (Wildman–Crippen LogP) is 7.26. The number of hydrogen-bond acceptors (Lipinski definition) is 5. The van der Waals surface area contributed by atoms with E-state index < -0.39 is 10.2 Å². The summed E-state index contributed by atoms with van der Waals surface area (Å²) in [5, 5.41) is 0. The van der Waals surface area contributed by atoms with Gasteiger partial charge in [0.1, 0.15) is 0 Å². The molecule has 2 heterocycles. The lowest BCUT2D eigenvalue weighted by atomic mass is 10.1. The molecule has 3 aromatic carbocycles. The third kappa shape index (κ3) is 6.45. The minimum absolute atomic E-state index is 0.0580. The molecular formula is C25H17Br3N6O2S. The molecule has 0 aliphatic carbocycles. The number of H-pyrrole nitrogens is 1. The van der Waals surface area contributed by atoms with Crippen molar-refractivity contribution in [3.63, 3.8) is 0 Å². The highest BCUT2D eigenvalue weighted by Gasteiger charge is 2.17. The molecule has 0 radical (unpaired) electrons. The SMILES string of the molecule is O=S(=O)(Nc1nc(-c2ccc(Br)cc2)cc(-c2ccc(Br)cc2)n1)Nc1ncc(-c2ccc(Br)cc2)[nH]1. The Kier molecular flexibility index (Phi) is 7.43. The average Bonchev–Trinajstić information content (AvgIpc) is 3.32. The number of rotatable bonds is 7. The minimum atomic E-state index is -4.12. The zero-order chi connectivity index (χ0) is 26.0. The lowest BCUT2D eigenvalue weighted by molar-refractivity contribution is 0.605. The Bertz CT molecular complexity index is 1590. The molecule has 3 N–H and O–H groups in total. The van der Waals surface area contributed by atoms with Crippen LogP contribution in [0.15, 0.2) is 98.5 Å². The van der Waals surface area contributed by atoms with Crippen LogP contribution in [0.3, 0.4) is 0 Å². The number of nitrogens with one attached hydrogen (secondary N) is 3. The molecule has 5 rings (SSSR count). The maximum absolute atomic E-state index is 13.0. The third-order valence-electron chi connectivity index (χ3n) is 5.19. The fourth-order valence-electron chi connectivity index (χ4n) is 3.45. The molecule has 37 heavy (non-hydrogen) atoms. The van der Waals surface area contributed by atoms with E-state index >= 15 is 0 Å². The largest absolute Gasteiger partial charge is 0.326 e. The molecule has 0 aliphatic rings. The second kappa shape index (κ2) is 10.7. The van der Waals surface area contributed by atoms with Gasteiger partial charge in [0, 0.05) is 24.5 Å². The molecule has 0 saturated heterocycles. The smallest absolute Gasteiger partial charge is 0.323 e. The number of aromatic amines is 1. The van der Waals surface area contributed by atoms with E-state index in [1.807, 2.05) is 78.9 Å². The van der Waals surface area contributed by atoms with Crippen molar-refractivity contribution in [3.8, 4) is 33.8 Å². The minimum Gasteiger partial charge on any atom is -0.323 e. The van der Waals surface area contributed by atoms with Crippen LogP contribution in [0.4, 0.5) is 11.9 Å². The van der Waals surface area contributed by atoms with Crippen molar-refractivity contribution in [2.75, 3.05) is 9.44 Å². The van der Waals surface area contributed by atoms with Crippen molar-refractivity contribution in [2.24, 2.45) is 0 Å². The summed E-state index contributed by atoms with van der Waals surface area (Å²) in [6.07, 6.45) is 1.55. The summed E-state index contributed by atoms with van der Waals surface area (Å²) in [7, 11) is -4.12. The molecule has 186 valence electrons. The van der Waals surface area contributed by atoms with Crippen molar-refractivity contribution >= 4 is 69.9 Å². The summed E-state index contributed by atoms with van der Waals surface area (Å²) >= 11 is 10.3. The third-order valence-corrected chi connectivity index (χ3v) is 7.69.